The van der Waals surface area contributed by atoms with Crippen molar-refractivity contribution in [3.8, 4) is 18.4 Å². The topological polar surface area (TPSA) is 35.8 Å². The smallest absolute Gasteiger partial charge is 0.0991 e. The summed E-state index contributed by atoms with van der Waals surface area (Å²) in [6.45, 7) is 4.96. The van der Waals surface area contributed by atoms with E-state index in [0.29, 0.717) is 11.6 Å². The second-order valence-electron chi connectivity index (χ2n) is 4.15. The van der Waals surface area contributed by atoms with Crippen LogP contribution >= 0.6 is 0 Å². The number of terminal acetylenes is 1. The van der Waals surface area contributed by atoms with Crippen LogP contribution < -0.4 is 5.32 Å². The van der Waals surface area contributed by atoms with Gasteiger partial charge < -0.3 is 5.32 Å². The largest absolute Gasteiger partial charge is 0.309 e. The van der Waals surface area contributed by atoms with Crippen molar-refractivity contribution in [2.45, 2.75) is 39.3 Å². The number of nitrogens with one attached hydrogen (secondary N) is 1. The number of aryl methyl sites for hydroxylation is 1. The molecule has 0 bridgehead atoms. The summed E-state index contributed by atoms with van der Waals surface area (Å²) in [7, 11) is 0. The molecule has 0 aliphatic heterocycles. The van der Waals surface area contributed by atoms with Crippen LogP contribution in [0.25, 0.3) is 0 Å². The van der Waals surface area contributed by atoms with E-state index in [1.54, 1.807) is 0 Å². The van der Waals surface area contributed by atoms with Crippen LogP contribution in [0.4, 0.5) is 0 Å². The Kier molecular flexibility index (Phi) is 5.27. The summed E-state index contributed by atoms with van der Waals surface area (Å²) in [5.41, 5.74) is 3.08. The Morgan fingerprint density at radius 2 is 2.24 bits per heavy atom. The van der Waals surface area contributed by atoms with E-state index >= 15 is 0 Å². The van der Waals surface area contributed by atoms with E-state index in [2.05, 4.69) is 24.2 Å². The molecule has 0 amide bonds. The average molecular weight is 226 g/mol. The molecule has 2 heteroatoms. The third-order valence-electron chi connectivity index (χ3n) is 2.91. The fourth-order valence-electron chi connectivity index (χ4n) is 1.72. The van der Waals surface area contributed by atoms with Gasteiger partial charge in [-0.2, -0.15) is 5.26 Å². The summed E-state index contributed by atoms with van der Waals surface area (Å²) in [6, 6.07) is 8.29. The summed E-state index contributed by atoms with van der Waals surface area (Å²) in [5.74, 6) is 2.68. The van der Waals surface area contributed by atoms with E-state index in [1.165, 1.54) is 5.56 Å². The molecule has 0 heterocycles. The zero-order valence-electron chi connectivity index (χ0n) is 10.5. The molecule has 2 nitrogen and oxygen atoms in total. The van der Waals surface area contributed by atoms with Gasteiger partial charge in [0.1, 0.15) is 0 Å². The third-order valence-corrected chi connectivity index (χ3v) is 2.91. The van der Waals surface area contributed by atoms with E-state index in [1.807, 2.05) is 25.1 Å². The Morgan fingerprint density at radius 3 is 2.76 bits per heavy atom. The van der Waals surface area contributed by atoms with Crippen molar-refractivity contribution in [1.29, 1.82) is 5.26 Å². The molecule has 0 aliphatic rings. The zero-order chi connectivity index (χ0) is 12.7. The molecule has 1 rings (SSSR count). The Morgan fingerprint density at radius 1 is 1.47 bits per heavy atom. The summed E-state index contributed by atoms with van der Waals surface area (Å²) in [5, 5.41) is 12.2. The lowest BCUT2D eigenvalue weighted by molar-refractivity contribution is 0.506. The highest BCUT2D eigenvalue weighted by Crippen LogP contribution is 2.11. The Bertz CT molecular complexity index is 449. The lowest BCUT2D eigenvalue weighted by Gasteiger charge is -2.15. The van der Waals surface area contributed by atoms with Gasteiger partial charge in [0.15, 0.2) is 0 Å². The fraction of sp³-hybridized carbons (Fsp3) is 0.400. The normalized spacial score (nSPS) is 11.5. The van der Waals surface area contributed by atoms with Crippen LogP contribution in [0.1, 0.15) is 36.5 Å². The maximum Gasteiger partial charge on any atom is 0.0991 e. The Labute approximate surface area is 104 Å². The number of hydrogen-bond acceptors (Lipinski definition) is 2. The SMILES string of the molecule is C#CCC(CC)NCc1ccc(C#N)cc1C. The van der Waals surface area contributed by atoms with Crippen molar-refractivity contribution in [3.05, 3.63) is 34.9 Å². The number of nitriles is 1. The van der Waals surface area contributed by atoms with Gasteiger partial charge in [-0.15, -0.1) is 12.3 Å². The van der Waals surface area contributed by atoms with Crippen molar-refractivity contribution in [2.24, 2.45) is 0 Å². The lowest BCUT2D eigenvalue weighted by Crippen LogP contribution is -2.27. The van der Waals surface area contributed by atoms with Crippen molar-refractivity contribution >= 4 is 0 Å². The van der Waals surface area contributed by atoms with Crippen LogP contribution in [0.5, 0.6) is 0 Å². The van der Waals surface area contributed by atoms with Gasteiger partial charge in [-0.05, 0) is 36.6 Å². The zero-order valence-corrected chi connectivity index (χ0v) is 10.5. The van der Waals surface area contributed by atoms with Crippen LogP contribution in [0.2, 0.25) is 0 Å². The maximum atomic E-state index is 8.79. The van der Waals surface area contributed by atoms with E-state index < -0.39 is 0 Å². The highest BCUT2D eigenvalue weighted by Gasteiger charge is 2.05. The molecule has 0 aromatic heterocycles. The molecule has 17 heavy (non-hydrogen) atoms. The van der Waals surface area contributed by atoms with Crippen molar-refractivity contribution in [3.63, 3.8) is 0 Å². The lowest BCUT2D eigenvalue weighted by atomic mass is 10.0. The third kappa shape index (κ3) is 3.94. The monoisotopic (exact) mass is 226 g/mol. The van der Waals surface area contributed by atoms with Crippen LogP contribution in [0, 0.1) is 30.6 Å². The Hall–Kier alpha value is -1.77. The molecule has 1 aromatic rings. The molecule has 0 spiro atoms. The number of nitrogens with zero attached hydrogens (tertiary/aromatic N) is 1. The second-order valence-corrected chi connectivity index (χ2v) is 4.15. The Balaban J connectivity index is 2.64. The first-order chi connectivity index (χ1) is 8.21. The maximum absolute atomic E-state index is 8.79. The fourth-order valence-corrected chi connectivity index (χ4v) is 1.72. The second kappa shape index (κ2) is 6.74. The molecule has 1 atom stereocenters. The standard InChI is InChI=1S/C15H18N2/c1-4-6-15(5-2)17-11-14-8-7-13(10-16)9-12(14)3/h1,7-9,15,17H,5-6,11H2,2-3H3. The van der Waals surface area contributed by atoms with Crippen LogP contribution in [0.15, 0.2) is 18.2 Å². The van der Waals surface area contributed by atoms with E-state index in [-0.39, 0.29) is 0 Å². The predicted molar refractivity (Wildman–Crippen MR) is 70.3 cm³/mol. The van der Waals surface area contributed by atoms with Crippen molar-refractivity contribution < 1.29 is 0 Å². The van der Waals surface area contributed by atoms with Crippen molar-refractivity contribution in [2.75, 3.05) is 0 Å². The number of hydrogen-bond donors (Lipinski definition) is 1. The van der Waals surface area contributed by atoms with Gasteiger partial charge in [0.2, 0.25) is 0 Å². The molecule has 0 aliphatic carbocycles. The molecule has 1 N–H and O–H groups in total. The van der Waals surface area contributed by atoms with Crippen LogP contribution in [0.3, 0.4) is 0 Å². The molecule has 0 saturated carbocycles. The van der Waals surface area contributed by atoms with Gasteiger partial charge in [0, 0.05) is 19.0 Å². The number of benzene rings is 1. The molecular weight excluding hydrogens is 208 g/mol. The van der Waals surface area contributed by atoms with E-state index in [9.17, 15) is 0 Å². The quantitative estimate of drug-likeness (QED) is 0.784. The van der Waals surface area contributed by atoms with Crippen molar-refractivity contribution in [1.82, 2.24) is 5.32 Å². The van der Waals surface area contributed by atoms with Gasteiger partial charge in [0.05, 0.1) is 11.6 Å². The first-order valence-electron chi connectivity index (χ1n) is 5.87. The van der Waals surface area contributed by atoms with E-state index in [4.69, 9.17) is 11.7 Å². The molecule has 0 radical (unpaired) electrons. The molecule has 0 fully saturated rings. The molecule has 1 unspecified atom stereocenters. The van der Waals surface area contributed by atoms with Crippen LogP contribution in [-0.4, -0.2) is 6.04 Å². The van der Waals surface area contributed by atoms with Gasteiger partial charge >= 0.3 is 0 Å². The average Bonchev–Trinajstić information content (AvgIpc) is 2.35. The minimum absolute atomic E-state index is 0.370. The predicted octanol–water partition coefficient (Wildman–Crippen LogP) is 2.76. The highest BCUT2D eigenvalue weighted by molar-refractivity contribution is 5.37. The van der Waals surface area contributed by atoms with Gasteiger partial charge in [-0.1, -0.05) is 13.0 Å². The summed E-state index contributed by atoms with van der Waals surface area (Å²) in [4.78, 5) is 0. The van der Waals surface area contributed by atoms with Gasteiger partial charge in [0.25, 0.3) is 0 Å². The van der Waals surface area contributed by atoms with Gasteiger partial charge in [-0.3, -0.25) is 0 Å². The first kappa shape index (κ1) is 13.3. The molecule has 88 valence electrons. The highest BCUT2D eigenvalue weighted by atomic mass is 14.9. The van der Waals surface area contributed by atoms with Crippen LogP contribution in [-0.2, 0) is 6.54 Å². The van der Waals surface area contributed by atoms with E-state index in [0.717, 1.165) is 24.9 Å². The first-order valence-corrected chi connectivity index (χ1v) is 5.87. The minimum atomic E-state index is 0.370. The molecule has 0 saturated heterocycles. The summed E-state index contributed by atoms with van der Waals surface area (Å²) in [6.07, 6.45) is 7.10. The number of rotatable bonds is 5. The minimum Gasteiger partial charge on any atom is -0.309 e. The summed E-state index contributed by atoms with van der Waals surface area (Å²) < 4.78 is 0. The molecule has 1 aromatic carbocycles. The van der Waals surface area contributed by atoms with Gasteiger partial charge in [-0.25, -0.2) is 0 Å². The summed E-state index contributed by atoms with van der Waals surface area (Å²) >= 11 is 0. The molecular formula is C15H18N2.